The number of hydrogen-bond donors (Lipinski definition) is 0. The molecule has 1 unspecified atom stereocenters. The summed E-state index contributed by atoms with van der Waals surface area (Å²) in [6.07, 6.45) is 0. The van der Waals surface area contributed by atoms with Crippen molar-refractivity contribution in [2.75, 3.05) is 21.3 Å². The van der Waals surface area contributed by atoms with Gasteiger partial charge in [0.15, 0.2) is 5.66 Å². The molecule has 0 aromatic carbocycles. The van der Waals surface area contributed by atoms with E-state index in [0.717, 1.165) is 0 Å². The third-order valence-corrected chi connectivity index (χ3v) is 4.43. The SMILES string of the molecule is COC(=O)C(C(C)C)P(=O)(OC)OC. The van der Waals surface area contributed by atoms with Crippen LogP contribution in [0.3, 0.4) is 0 Å². The normalized spacial score (nSPS) is 14.1. The zero-order valence-corrected chi connectivity index (χ0v) is 10.0. The van der Waals surface area contributed by atoms with Crippen molar-refractivity contribution >= 4 is 13.6 Å². The van der Waals surface area contributed by atoms with Gasteiger partial charge in [-0.3, -0.25) is 9.36 Å². The molecule has 5 nitrogen and oxygen atoms in total. The van der Waals surface area contributed by atoms with E-state index in [1.54, 1.807) is 13.8 Å². The van der Waals surface area contributed by atoms with Crippen molar-refractivity contribution in [3.8, 4) is 0 Å². The van der Waals surface area contributed by atoms with Gasteiger partial charge in [-0.05, 0) is 5.92 Å². The first-order valence-electron chi connectivity index (χ1n) is 4.22. The van der Waals surface area contributed by atoms with E-state index in [0.29, 0.717) is 0 Å². The van der Waals surface area contributed by atoms with Crippen LogP contribution in [0.5, 0.6) is 0 Å². The summed E-state index contributed by atoms with van der Waals surface area (Å²) in [5, 5.41) is 0. The van der Waals surface area contributed by atoms with Gasteiger partial charge in [0.25, 0.3) is 0 Å². The highest BCUT2D eigenvalue weighted by Gasteiger charge is 2.42. The van der Waals surface area contributed by atoms with Crippen molar-refractivity contribution in [3.63, 3.8) is 0 Å². The molecule has 0 aromatic rings. The Hall–Kier alpha value is -0.380. The maximum atomic E-state index is 11.9. The second-order valence-corrected chi connectivity index (χ2v) is 5.48. The van der Waals surface area contributed by atoms with Crippen LogP contribution in [0.4, 0.5) is 0 Å². The van der Waals surface area contributed by atoms with Gasteiger partial charge >= 0.3 is 13.6 Å². The standard InChI is InChI=1S/C8H17O5P/c1-6(2)7(8(9)11-3)14(10,12-4)13-5/h6-7H,1-5H3. The van der Waals surface area contributed by atoms with E-state index in [2.05, 4.69) is 4.74 Å². The Bertz CT molecular complexity index is 230. The van der Waals surface area contributed by atoms with E-state index in [4.69, 9.17) is 9.05 Å². The number of carbonyl (C=O) groups excluding carboxylic acids is 1. The minimum Gasteiger partial charge on any atom is -0.468 e. The third kappa shape index (κ3) is 2.80. The Balaban J connectivity index is 4.99. The minimum atomic E-state index is -3.39. The van der Waals surface area contributed by atoms with Crippen LogP contribution in [0.2, 0.25) is 0 Å². The lowest BCUT2D eigenvalue weighted by molar-refractivity contribution is -0.141. The number of hydrogen-bond acceptors (Lipinski definition) is 5. The fourth-order valence-corrected chi connectivity index (χ4v) is 2.89. The summed E-state index contributed by atoms with van der Waals surface area (Å²) in [7, 11) is 0.354. The van der Waals surface area contributed by atoms with E-state index in [-0.39, 0.29) is 5.92 Å². The Labute approximate surface area is 84.3 Å². The quantitative estimate of drug-likeness (QED) is 0.525. The van der Waals surface area contributed by atoms with Crippen LogP contribution in [0.25, 0.3) is 0 Å². The first-order chi connectivity index (χ1) is 6.42. The van der Waals surface area contributed by atoms with E-state index in [1.165, 1.54) is 21.3 Å². The Morgan fingerprint density at radius 2 is 1.57 bits per heavy atom. The van der Waals surface area contributed by atoms with Crippen molar-refractivity contribution < 1.29 is 23.1 Å². The zero-order chi connectivity index (χ0) is 11.4. The lowest BCUT2D eigenvalue weighted by Crippen LogP contribution is -2.29. The maximum absolute atomic E-state index is 11.9. The molecule has 0 N–H and O–H groups in total. The van der Waals surface area contributed by atoms with Crippen LogP contribution >= 0.6 is 7.60 Å². The van der Waals surface area contributed by atoms with Crippen LogP contribution in [-0.4, -0.2) is 33.0 Å². The first kappa shape index (κ1) is 13.6. The smallest absolute Gasteiger partial charge is 0.344 e. The Morgan fingerprint density at radius 1 is 1.14 bits per heavy atom. The highest BCUT2D eigenvalue weighted by molar-refractivity contribution is 7.55. The highest BCUT2D eigenvalue weighted by atomic mass is 31.2. The van der Waals surface area contributed by atoms with Gasteiger partial charge in [0, 0.05) is 14.2 Å². The van der Waals surface area contributed by atoms with Gasteiger partial charge in [0.2, 0.25) is 0 Å². The van der Waals surface area contributed by atoms with Crippen LogP contribution in [0.15, 0.2) is 0 Å². The van der Waals surface area contributed by atoms with Gasteiger partial charge in [-0.1, -0.05) is 13.8 Å². The van der Waals surface area contributed by atoms with Gasteiger partial charge in [0.05, 0.1) is 7.11 Å². The molecule has 0 aromatic heterocycles. The molecule has 6 heteroatoms. The van der Waals surface area contributed by atoms with E-state index in [1.807, 2.05) is 0 Å². The molecule has 14 heavy (non-hydrogen) atoms. The molecule has 0 amide bonds. The van der Waals surface area contributed by atoms with Crippen molar-refractivity contribution in [2.45, 2.75) is 19.5 Å². The van der Waals surface area contributed by atoms with Gasteiger partial charge in [0.1, 0.15) is 0 Å². The molecule has 1 atom stereocenters. The second-order valence-electron chi connectivity index (χ2n) is 3.12. The summed E-state index contributed by atoms with van der Waals surface area (Å²) in [5.74, 6) is -0.750. The Morgan fingerprint density at radius 3 is 1.79 bits per heavy atom. The molecule has 0 fully saturated rings. The summed E-state index contributed by atoms with van der Waals surface area (Å²) in [4.78, 5) is 11.4. The molecule has 0 aliphatic heterocycles. The molecule has 0 saturated heterocycles. The summed E-state index contributed by atoms with van der Waals surface area (Å²) in [6.45, 7) is 3.51. The third-order valence-electron chi connectivity index (χ3n) is 1.92. The number of methoxy groups -OCH3 is 1. The molecule has 0 saturated carbocycles. The molecule has 0 rings (SSSR count). The van der Waals surface area contributed by atoms with Gasteiger partial charge < -0.3 is 13.8 Å². The molecule has 84 valence electrons. The predicted molar refractivity (Wildman–Crippen MR) is 52.3 cm³/mol. The molecule has 0 aliphatic rings. The van der Waals surface area contributed by atoms with Crippen molar-refractivity contribution in [1.82, 2.24) is 0 Å². The van der Waals surface area contributed by atoms with Crippen molar-refractivity contribution in [3.05, 3.63) is 0 Å². The average molecular weight is 224 g/mol. The van der Waals surface area contributed by atoms with Crippen LogP contribution in [0, 0.1) is 5.92 Å². The van der Waals surface area contributed by atoms with E-state index >= 15 is 0 Å². The van der Waals surface area contributed by atoms with Crippen LogP contribution in [0.1, 0.15) is 13.8 Å². The largest absolute Gasteiger partial charge is 0.468 e. The van der Waals surface area contributed by atoms with E-state index < -0.39 is 19.2 Å². The van der Waals surface area contributed by atoms with Crippen LogP contribution in [-0.2, 0) is 23.1 Å². The predicted octanol–water partition coefficient (Wildman–Crippen LogP) is 1.67. The van der Waals surface area contributed by atoms with Gasteiger partial charge in [-0.2, -0.15) is 0 Å². The average Bonchev–Trinajstić information content (AvgIpc) is 2.16. The molecular weight excluding hydrogens is 207 g/mol. The fraction of sp³-hybridized carbons (Fsp3) is 0.875. The monoisotopic (exact) mass is 224 g/mol. The second kappa shape index (κ2) is 5.49. The van der Waals surface area contributed by atoms with E-state index in [9.17, 15) is 9.36 Å². The molecule has 0 heterocycles. The number of rotatable bonds is 5. The minimum absolute atomic E-state index is 0.173. The van der Waals surface area contributed by atoms with Gasteiger partial charge in [-0.15, -0.1) is 0 Å². The lowest BCUT2D eigenvalue weighted by atomic mass is 10.1. The fourth-order valence-electron chi connectivity index (χ4n) is 1.19. The number of ether oxygens (including phenoxy) is 1. The zero-order valence-electron chi connectivity index (χ0n) is 9.14. The highest BCUT2D eigenvalue weighted by Crippen LogP contribution is 2.54. The summed E-state index contributed by atoms with van der Waals surface area (Å²) < 4.78 is 26.0. The summed E-state index contributed by atoms with van der Waals surface area (Å²) in [5.41, 5.74) is -0.873. The molecule has 0 aliphatic carbocycles. The van der Waals surface area contributed by atoms with Crippen LogP contribution < -0.4 is 0 Å². The topological polar surface area (TPSA) is 61.8 Å². The van der Waals surface area contributed by atoms with Crippen molar-refractivity contribution in [2.24, 2.45) is 5.92 Å². The molecular formula is C8H17O5P. The molecule has 0 spiro atoms. The lowest BCUT2D eigenvalue weighted by Gasteiger charge is -2.24. The maximum Gasteiger partial charge on any atom is 0.344 e. The number of carbonyl (C=O) groups is 1. The van der Waals surface area contributed by atoms with Crippen molar-refractivity contribution in [1.29, 1.82) is 0 Å². The summed E-state index contributed by atoms with van der Waals surface area (Å²) in [6, 6.07) is 0. The Kier molecular flexibility index (Phi) is 5.34. The first-order valence-corrected chi connectivity index (χ1v) is 5.83. The molecule has 0 radical (unpaired) electrons. The molecule has 0 bridgehead atoms. The summed E-state index contributed by atoms with van der Waals surface area (Å²) >= 11 is 0. The number of esters is 1. The van der Waals surface area contributed by atoms with Gasteiger partial charge in [-0.25, -0.2) is 0 Å².